The van der Waals surface area contributed by atoms with Crippen LogP contribution in [0.5, 0.6) is 0 Å². The quantitative estimate of drug-likeness (QED) is 0.202. The second-order valence-corrected chi connectivity index (χ2v) is 7.90. The molecule has 1 amide bonds. The molecule has 0 atom stereocenters. The maximum absolute atomic E-state index is 12.6. The zero-order valence-corrected chi connectivity index (χ0v) is 18.4. The van der Waals surface area contributed by atoms with Crippen LogP contribution in [0.4, 0.5) is 0 Å². The Labute approximate surface area is 165 Å². The molecule has 0 spiro atoms. The summed E-state index contributed by atoms with van der Waals surface area (Å²) in [6, 6.07) is 0. The molecule has 2 heteroatoms. The smallest absolute Gasteiger partial charge is 0.222 e. The molecule has 0 saturated carbocycles. The van der Waals surface area contributed by atoms with Gasteiger partial charge in [0.2, 0.25) is 5.91 Å². The molecule has 0 aliphatic rings. The number of carbonyl (C=O) groups excluding carboxylic acids is 1. The first kappa shape index (κ1) is 25.5. The van der Waals surface area contributed by atoms with Crippen molar-refractivity contribution < 1.29 is 4.79 Å². The molecule has 2 nitrogen and oxygen atoms in total. The SMILES string of the molecule is CCCCC[CH]CC(=O)N(CCCCCCCC)CCCCCCCC. The lowest BCUT2D eigenvalue weighted by Crippen LogP contribution is -2.33. The van der Waals surface area contributed by atoms with E-state index in [-0.39, 0.29) is 0 Å². The van der Waals surface area contributed by atoms with E-state index in [9.17, 15) is 4.79 Å². The summed E-state index contributed by atoms with van der Waals surface area (Å²) in [6.07, 6.45) is 23.3. The molecular weight excluding hydrogens is 318 g/mol. The van der Waals surface area contributed by atoms with Crippen molar-refractivity contribution in [2.75, 3.05) is 13.1 Å². The highest BCUT2D eigenvalue weighted by Gasteiger charge is 2.12. The highest BCUT2D eigenvalue weighted by molar-refractivity contribution is 5.77. The average Bonchev–Trinajstić information content (AvgIpc) is 2.65. The van der Waals surface area contributed by atoms with Crippen molar-refractivity contribution in [1.29, 1.82) is 0 Å². The van der Waals surface area contributed by atoms with Gasteiger partial charge in [-0.05, 0) is 25.7 Å². The zero-order chi connectivity index (χ0) is 19.3. The van der Waals surface area contributed by atoms with Crippen LogP contribution in [0.2, 0.25) is 0 Å². The highest BCUT2D eigenvalue weighted by Crippen LogP contribution is 2.11. The van der Waals surface area contributed by atoms with E-state index >= 15 is 0 Å². The number of hydrogen-bond acceptors (Lipinski definition) is 1. The molecular formula is C24H48NO. The number of hydrogen-bond donors (Lipinski definition) is 0. The van der Waals surface area contributed by atoms with E-state index in [0.717, 1.165) is 19.5 Å². The molecule has 1 radical (unpaired) electrons. The third-order valence-corrected chi connectivity index (χ3v) is 5.25. The first-order valence-corrected chi connectivity index (χ1v) is 11.9. The lowest BCUT2D eigenvalue weighted by Gasteiger charge is -2.23. The minimum atomic E-state index is 0.364. The van der Waals surface area contributed by atoms with E-state index in [1.165, 1.54) is 96.3 Å². The summed E-state index contributed by atoms with van der Waals surface area (Å²) < 4.78 is 0. The van der Waals surface area contributed by atoms with Crippen molar-refractivity contribution >= 4 is 5.91 Å². The van der Waals surface area contributed by atoms with Gasteiger partial charge in [0.15, 0.2) is 0 Å². The van der Waals surface area contributed by atoms with Gasteiger partial charge in [0, 0.05) is 19.5 Å². The minimum absolute atomic E-state index is 0.364. The second-order valence-electron chi connectivity index (χ2n) is 7.90. The number of rotatable bonds is 20. The van der Waals surface area contributed by atoms with Crippen LogP contribution in [0, 0.1) is 6.42 Å². The number of nitrogens with zero attached hydrogens (tertiary/aromatic N) is 1. The lowest BCUT2D eigenvalue weighted by molar-refractivity contribution is -0.130. The van der Waals surface area contributed by atoms with Gasteiger partial charge in [0.25, 0.3) is 0 Å². The molecule has 0 saturated heterocycles. The zero-order valence-electron chi connectivity index (χ0n) is 18.4. The Morgan fingerprint density at radius 2 is 1.04 bits per heavy atom. The van der Waals surface area contributed by atoms with Gasteiger partial charge in [-0.3, -0.25) is 4.79 Å². The van der Waals surface area contributed by atoms with Gasteiger partial charge < -0.3 is 4.90 Å². The summed E-state index contributed by atoms with van der Waals surface area (Å²) in [5.41, 5.74) is 0. The van der Waals surface area contributed by atoms with Crippen LogP contribution in [-0.2, 0) is 4.79 Å². The molecule has 0 N–H and O–H groups in total. The molecule has 0 fully saturated rings. The fraction of sp³-hybridized carbons (Fsp3) is 0.917. The molecule has 0 bridgehead atoms. The van der Waals surface area contributed by atoms with E-state index in [1.807, 2.05) is 0 Å². The largest absolute Gasteiger partial charge is 0.343 e. The first-order valence-electron chi connectivity index (χ1n) is 11.9. The van der Waals surface area contributed by atoms with Gasteiger partial charge in [0.05, 0.1) is 0 Å². The van der Waals surface area contributed by atoms with Crippen molar-refractivity contribution in [2.24, 2.45) is 0 Å². The third-order valence-electron chi connectivity index (χ3n) is 5.25. The third kappa shape index (κ3) is 16.9. The summed E-state index contributed by atoms with van der Waals surface area (Å²) in [6.45, 7) is 8.70. The standard InChI is InChI=1S/C24H48NO/c1-4-7-10-13-16-19-22-25(23-20-17-14-11-8-5-2)24(26)21-18-15-12-9-6-3/h18H,4-17,19-23H2,1-3H3. The van der Waals surface area contributed by atoms with Crippen LogP contribution in [0.15, 0.2) is 0 Å². The van der Waals surface area contributed by atoms with Crippen LogP contribution >= 0.6 is 0 Å². The Bertz CT molecular complexity index is 274. The summed E-state index contributed by atoms with van der Waals surface area (Å²) in [5.74, 6) is 0.364. The summed E-state index contributed by atoms with van der Waals surface area (Å²) >= 11 is 0. The van der Waals surface area contributed by atoms with Crippen LogP contribution in [-0.4, -0.2) is 23.9 Å². The molecule has 0 aliphatic carbocycles. The van der Waals surface area contributed by atoms with E-state index in [0.29, 0.717) is 12.3 Å². The van der Waals surface area contributed by atoms with Crippen molar-refractivity contribution in [3.8, 4) is 0 Å². The van der Waals surface area contributed by atoms with E-state index in [1.54, 1.807) is 0 Å². The van der Waals surface area contributed by atoms with Gasteiger partial charge >= 0.3 is 0 Å². The number of amides is 1. The Morgan fingerprint density at radius 1 is 0.615 bits per heavy atom. The Kier molecular flexibility index (Phi) is 20.4. The predicted molar refractivity (Wildman–Crippen MR) is 116 cm³/mol. The van der Waals surface area contributed by atoms with E-state index in [4.69, 9.17) is 0 Å². The summed E-state index contributed by atoms with van der Waals surface area (Å²) in [5, 5.41) is 0. The average molecular weight is 367 g/mol. The summed E-state index contributed by atoms with van der Waals surface area (Å²) in [4.78, 5) is 14.8. The predicted octanol–water partition coefficient (Wildman–Crippen LogP) is 7.71. The molecule has 0 aliphatic heterocycles. The van der Waals surface area contributed by atoms with Crippen molar-refractivity contribution in [3.05, 3.63) is 6.42 Å². The van der Waals surface area contributed by atoms with Crippen LogP contribution in [0.1, 0.15) is 130 Å². The number of carbonyl (C=O) groups is 1. The molecule has 0 aromatic rings. The van der Waals surface area contributed by atoms with Crippen molar-refractivity contribution in [3.63, 3.8) is 0 Å². The lowest BCUT2D eigenvalue weighted by atomic mass is 10.1. The molecule has 155 valence electrons. The minimum Gasteiger partial charge on any atom is -0.343 e. The Balaban J connectivity index is 4.02. The van der Waals surface area contributed by atoms with Crippen molar-refractivity contribution in [2.45, 2.75) is 130 Å². The highest BCUT2D eigenvalue weighted by atomic mass is 16.2. The van der Waals surface area contributed by atoms with Crippen molar-refractivity contribution in [1.82, 2.24) is 4.90 Å². The van der Waals surface area contributed by atoms with Gasteiger partial charge in [-0.15, -0.1) is 0 Å². The van der Waals surface area contributed by atoms with Gasteiger partial charge in [-0.25, -0.2) is 0 Å². The van der Waals surface area contributed by atoms with E-state index in [2.05, 4.69) is 32.1 Å². The molecule has 0 rings (SSSR count). The number of unbranched alkanes of at least 4 members (excludes halogenated alkanes) is 14. The van der Waals surface area contributed by atoms with Crippen LogP contribution in [0.25, 0.3) is 0 Å². The van der Waals surface area contributed by atoms with Gasteiger partial charge in [0.1, 0.15) is 0 Å². The molecule has 0 aromatic heterocycles. The summed E-state index contributed by atoms with van der Waals surface area (Å²) in [7, 11) is 0. The normalized spacial score (nSPS) is 11.0. The topological polar surface area (TPSA) is 20.3 Å². The molecule has 0 unspecified atom stereocenters. The van der Waals surface area contributed by atoms with Gasteiger partial charge in [-0.2, -0.15) is 0 Å². The maximum Gasteiger partial charge on any atom is 0.222 e. The molecule has 0 aromatic carbocycles. The Morgan fingerprint density at radius 3 is 1.54 bits per heavy atom. The van der Waals surface area contributed by atoms with Gasteiger partial charge in [-0.1, -0.05) is 104 Å². The fourth-order valence-electron chi connectivity index (χ4n) is 3.42. The molecule has 26 heavy (non-hydrogen) atoms. The second kappa shape index (κ2) is 20.8. The monoisotopic (exact) mass is 366 g/mol. The Hall–Kier alpha value is -0.530. The van der Waals surface area contributed by atoms with Crippen LogP contribution < -0.4 is 0 Å². The first-order chi connectivity index (χ1) is 12.8. The maximum atomic E-state index is 12.6. The van der Waals surface area contributed by atoms with Crippen LogP contribution in [0.3, 0.4) is 0 Å². The fourth-order valence-corrected chi connectivity index (χ4v) is 3.42. The van der Waals surface area contributed by atoms with E-state index < -0.39 is 0 Å². The molecule has 0 heterocycles.